The first kappa shape index (κ1) is 11.5. The topological polar surface area (TPSA) is 20.2 Å². The van der Waals surface area contributed by atoms with Crippen LogP contribution in [0.5, 0.6) is 0 Å². The van der Waals surface area contributed by atoms with Crippen LogP contribution >= 0.6 is 15.9 Å². The Kier molecular flexibility index (Phi) is 3.90. The first-order valence-electron chi connectivity index (χ1n) is 4.58. The molecule has 1 atom stereocenters. The van der Waals surface area contributed by atoms with Gasteiger partial charge < -0.3 is 5.11 Å². The van der Waals surface area contributed by atoms with Gasteiger partial charge in [0.1, 0.15) is 0 Å². The Hall–Kier alpha value is -0.600. The first-order chi connectivity index (χ1) is 6.59. The highest BCUT2D eigenvalue weighted by Crippen LogP contribution is 2.23. The van der Waals surface area contributed by atoms with Crippen molar-refractivity contribution in [1.29, 1.82) is 0 Å². The SMILES string of the molecule is C=CC(C)(CO)Cc1ccc(Br)cc1. The van der Waals surface area contributed by atoms with Crippen LogP contribution in [0.15, 0.2) is 41.4 Å². The van der Waals surface area contributed by atoms with E-state index in [1.54, 1.807) is 0 Å². The standard InChI is InChI=1S/C12H15BrO/c1-3-12(2,9-14)8-10-4-6-11(13)7-5-10/h3-7,14H,1,8-9H2,2H3. The van der Waals surface area contributed by atoms with Crippen molar-refractivity contribution in [2.45, 2.75) is 13.3 Å². The molecule has 2 heteroatoms. The second kappa shape index (κ2) is 4.76. The minimum absolute atomic E-state index is 0.132. The molecular weight excluding hydrogens is 240 g/mol. The molecule has 0 heterocycles. The molecule has 0 aliphatic heterocycles. The molecular formula is C12H15BrO. The Morgan fingerprint density at radius 2 is 2.00 bits per heavy atom. The largest absolute Gasteiger partial charge is 0.395 e. The molecule has 0 spiro atoms. The van der Waals surface area contributed by atoms with Crippen LogP contribution in [-0.2, 0) is 6.42 Å². The van der Waals surface area contributed by atoms with Crippen molar-refractivity contribution in [3.05, 3.63) is 47.0 Å². The lowest BCUT2D eigenvalue weighted by atomic mass is 9.85. The number of halogens is 1. The van der Waals surface area contributed by atoms with Crippen molar-refractivity contribution in [1.82, 2.24) is 0 Å². The molecule has 1 unspecified atom stereocenters. The molecule has 1 aromatic rings. The predicted octanol–water partition coefficient (Wildman–Crippen LogP) is 3.18. The highest BCUT2D eigenvalue weighted by atomic mass is 79.9. The van der Waals surface area contributed by atoms with Gasteiger partial charge in [0.05, 0.1) is 6.61 Å². The predicted molar refractivity (Wildman–Crippen MR) is 63.2 cm³/mol. The molecule has 14 heavy (non-hydrogen) atoms. The fourth-order valence-electron chi connectivity index (χ4n) is 1.26. The molecule has 0 saturated carbocycles. The molecule has 0 aliphatic rings. The Bertz CT molecular complexity index is 305. The summed E-state index contributed by atoms with van der Waals surface area (Å²) in [6, 6.07) is 8.13. The molecule has 1 aromatic carbocycles. The van der Waals surface area contributed by atoms with Crippen LogP contribution in [0.25, 0.3) is 0 Å². The number of aliphatic hydroxyl groups is 1. The summed E-state index contributed by atoms with van der Waals surface area (Å²) >= 11 is 3.39. The Morgan fingerprint density at radius 3 is 2.43 bits per heavy atom. The van der Waals surface area contributed by atoms with Gasteiger partial charge in [-0.05, 0) is 24.1 Å². The summed E-state index contributed by atoms with van der Waals surface area (Å²) in [5.41, 5.74) is 0.998. The van der Waals surface area contributed by atoms with E-state index in [9.17, 15) is 5.11 Å². The van der Waals surface area contributed by atoms with Crippen LogP contribution in [0, 0.1) is 5.41 Å². The zero-order valence-corrected chi connectivity index (χ0v) is 9.92. The van der Waals surface area contributed by atoms with Crippen LogP contribution < -0.4 is 0 Å². The van der Waals surface area contributed by atoms with Crippen molar-refractivity contribution in [2.75, 3.05) is 6.61 Å². The summed E-state index contributed by atoms with van der Waals surface area (Å²) in [5.74, 6) is 0. The van der Waals surface area contributed by atoms with Crippen molar-refractivity contribution in [3.8, 4) is 0 Å². The van der Waals surface area contributed by atoms with Gasteiger partial charge in [0, 0.05) is 9.89 Å². The van der Waals surface area contributed by atoms with Crippen molar-refractivity contribution in [3.63, 3.8) is 0 Å². The molecule has 0 radical (unpaired) electrons. The fraction of sp³-hybridized carbons (Fsp3) is 0.333. The molecule has 0 saturated heterocycles. The van der Waals surface area contributed by atoms with Gasteiger partial charge in [-0.1, -0.05) is 41.1 Å². The third-order valence-electron chi connectivity index (χ3n) is 2.38. The van der Waals surface area contributed by atoms with Crippen LogP contribution in [-0.4, -0.2) is 11.7 Å². The van der Waals surface area contributed by atoms with E-state index in [-0.39, 0.29) is 12.0 Å². The summed E-state index contributed by atoms with van der Waals surface area (Å²) in [5, 5.41) is 9.22. The lowest BCUT2D eigenvalue weighted by Crippen LogP contribution is -2.21. The molecule has 0 aliphatic carbocycles. The first-order valence-corrected chi connectivity index (χ1v) is 5.38. The number of benzene rings is 1. The van der Waals surface area contributed by atoms with E-state index in [2.05, 4.69) is 34.6 Å². The van der Waals surface area contributed by atoms with Crippen LogP contribution in [0.4, 0.5) is 0 Å². The van der Waals surface area contributed by atoms with Gasteiger partial charge in [0.2, 0.25) is 0 Å². The molecule has 0 bridgehead atoms. The Labute approximate surface area is 93.6 Å². The van der Waals surface area contributed by atoms with Crippen molar-refractivity contribution in [2.24, 2.45) is 5.41 Å². The van der Waals surface area contributed by atoms with Gasteiger partial charge in [0.15, 0.2) is 0 Å². The zero-order chi connectivity index (χ0) is 10.6. The van der Waals surface area contributed by atoms with E-state index < -0.39 is 0 Å². The minimum atomic E-state index is -0.214. The van der Waals surface area contributed by atoms with E-state index in [0.717, 1.165) is 10.9 Å². The number of hydrogen-bond acceptors (Lipinski definition) is 1. The average molecular weight is 255 g/mol. The third kappa shape index (κ3) is 2.96. The second-order valence-corrected chi connectivity index (χ2v) is 4.74. The van der Waals surface area contributed by atoms with Crippen molar-refractivity contribution >= 4 is 15.9 Å². The number of aliphatic hydroxyl groups excluding tert-OH is 1. The second-order valence-electron chi connectivity index (χ2n) is 3.82. The lowest BCUT2D eigenvalue weighted by molar-refractivity contribution is 0.184. The Balaban J connectivity index is 2.77. The van der Waals surface area contributed by atoms with E-state index >= 15 is 0 Å². The molecule has 0 fully saturated rings. The van der Waals surface area contributed by atoms with Crippen LogP contribution in [0.1, 0.15) is 12.5 Å². The van der Waals surface area contributed by atoms with Gasteiger partial charge in [0.25, 0.3) is 0 Å². The molecule has 76 valence electrons. The zero-order valence-electron chi connectivity index (χ0n) is 8.33. The van der Waals surface area contributed by atoms with Gasteiger partial charge in [-0.15, -0.1) is 6.58 Å². The summed E-state index contributed by atoms with van der Waals surface area (Å²) in [6.07, 6.45) is 2.63. The van der Waals surface area contributed by atoms with Crippen LogP contribution in [0.2, 0.25) is 0 Å². The number of hydrogen-bond donors (Lipinski definition) is 1. The van der Waals surface area contributed by atoms with E-state index in [4.69, 9.17) is 0 Å². The minimum Gasteiger partial charge on any atom is -0.395 e. The normalized spacial score (nSPS) is 14.8. The maximum absolute atomic E-state index is 9.22. The molecule has 0 amide bonds. The highest BCUT2D eigenvalue weighted by Gasteiger charge is 2.19. The van der Waals surface area contributed by atoms with Crippen molar-refractivity contribution < 1.29 is 5.11 Å². The summed E-state index contributed by atoms with van der Waals surface area (Å²) in [6.45, 7) is 5.88. The lowest BCUT2D eigenvalue weighted by Gasteiger charge is -2.22. The molecule has 1 N–H and O–H groups in total. The van der Waals surface area contributed by atoms with E-state index in [0.29, 0.717) is 0 Å². The van der Waals surface area contributed by atoms with Crippen LogP contribution in [0.3, 0.4) is 0 Å². The van der Waals surface area contributed by atoms with Gasteiger partial charge in [-0.2, -0.15) is 0 Å². The maximum atomic E-state index is 9.22. The summed E-state index contributed by atoms with van der Waals surface area (Å²) in [7, 11) is 0. The quantitative estimate of drug-likeness (QED) is 0.819. The van der Waals surface area contributed by atoms with Gasteiger partial charge >= 0.3 is 0 Å². The summed E-state index contributed by atoms with van der Waals surface area (Å²) < 4.78 is 1.07. The third-order valence-corrected chi connectivity index (χ3v) is 2.90. The molecule has 1 rings (SSSR count). The Morgan fingerprint density at radius 1 is 1.43 bits per heavy atom. The van der Waals surface area contributed by atoms with E-state index in [1.807, 2.05) is 25.1 Å². The number of rotatable bonds is 4. The van der Waals surface area contributed by atoms with Gasteiger partial charge in [-0.3, -0.25) is 0 Å². The smallest absolute Gasteiger partial charge is 0.0522 e. The van der Waals surface area contributed by atoms with E-state index in [1.165, 1.54) is 5.56 Å². The summed E-state index contributed by atoms with van der Waals surface area (Å²) in [4.78, 5) is 0. The average Bonchev–Trinajstić information content (AvgIpc) is 2.21. The monoisotopic (exact) mass is 254 g/mol. The highest BCUT2D eigenvalue weighted by molar-refractivity contribution is 9.10. The molecule has 0 aromatic heterocycles. The molecule has 1 nitrogen and oxygen atoms in total. The fourth-order valence-corrected chi connectivity index (χ4v) is 1.53. The maximum Gasteiger partial charge on any atom is 0.0522 e. The van der Waals surface area contributed by atoms with Gasteiger partial charge in [-0.25, -0.2) is 0 Å².